The number of rotatable bonds is 5. The highest BCUT2D eigenvalue weighted by Crippen LogP contribution is 2.39. The van der Waals surface area contributed by atoms with Crippen LogP contribution in [0.25, 0.3) is 11.3 Å². The van der Waals surface area contributed by atoms with Gasteiger partial charge in [0.1, 0.15) is 5.69 Å². The molecule has 0 bridgehead atoms. The molecule has 5 nitrogen and oxygen atoms in total. The number of aromatic amines is 1. The molecule has 1 aromatic heterocycles. The Morgan fingerprint density at radius 1 is 1.16 bits per heavy atom. The zero-order chi connectivity index (χ0) is 18.0. The van der Waals surface area contributed by atoms with Gasteiger partial charge in [0.2, 0.25) is 10.0 Å². The monoisotopic (exact) mass is 381 g/mol. The summed E-state index contributed by atoms with van der Waals surface area (Å²) in [5, 5.41) is 7.77. The molecule has 0 saturated heterocycles. The van der Waals surface area contributed by atoms with Gasteiger partial charge in [0, 0.05) is 17.5 Å². The second kappa shape index (κ2) is 7.48. The number of halogens is 1. The van der Waals surface area contributed by atoms with Crippen molar-refractivity contribution in [3.8, 4) is 11.3 Å². The summed E-state index contributed by atoms with van der Waals surface area (Å²) in [6, 6.07) is 9.88. The van der Waals surface area contributed by atoms with Crippen molar-refractivity contribution in [2.24, 2.45) is 0 Å². The van der Waals surface area contributed by atoms with Crippen molar-refractivity contribution in [2.45, 2.75) is 56.7 Å². The van der Waals surface area contributed by atoms with Gasteiger partial charge in [0.05, 0.1) is 16.0 Å². The van der Waals surface area contributed by atoms with Gasteiger partial charge in [0.25, 0.3) is 0 Å². The zero-order valence-corrected chi connectivity index (χ0v) is 16.1. The highest BCUT2D eigenvalue weighted by atomic mass is 35.5. The molecule has 2 aromatic rings. The molecule has 2 N–H and O–H groups in total. The van der Waals surface area contributed by atoms with E-state index in [0.717, 1.165) is 42.6 Å². The fraction of sp³-hybridized carbons (Fsp3) is 0.500. The Labute approximate surface area is 154 Å². The highest BCUT2D eigenvalue weighted by Gasteiger charge is 2.29. The summed E-state index contributed by atoms with van der Waals surface area (Å²) >= 11 is 6.57. The third kappa shape index (κ3) is 4.07. The van der Waals surface area contributed by atoms with Crippen LogP contribution in [0.5, 0.6) is 0 Å². The lowest BCUT2D eigenvalue weighted by Gasteiger charge is -2.29. The standard InChI is InChI=1S/C18H24ClN3O2S/c1-12(2)25(23,24)22-15-10-8-14(9-11-15)18-16(19)17(20-21-18)13-6-4-3-5-7-13/h3-7,12,14-15,22H,8-11H2,1-2H3,(H,20,21). The molecule has 1 aliphatic carbocycles. The molecule has 25 heavy (non-hydrogen) atoms. The van der Waals surface area contributed by atoms with Gasteiger partial charge in [-0.25, -0.2) is 13.1 Å². The molecule has 0 radical (unpaired) electrons. The van der Waals surface area contributed by atoms with Crippen molar-refractivity contribution in [3.63, 3.8) is 0 Å². The average molecular weight is 382 g/mol. The molecule has 0 spiro atoms. The number of nitrogens with one attached hydrogen (secondary N) is 2. The third-order valence-corrected chi connectivity index (χ3v) is 7.15. The van der Waals surface area contributed by atoms with E-state index in [0.29, 0.717) is 5.02 Å². The van der Waals surface area contributed by atoms with Crippen LogP contribution in [-0.4, -0.2) is 29.9 Å². The summed E-state index contributed by atoms with van der Waals surface area (Å²) in [6.07, 6.45) is 3.40. The molecule has 1 aliphatic rings. The molecule has 0 amide bonds. The Bertz CT molecular complexity index is 810. The summed E-state index contributed by atoms with van der Waals surface area (Å²) in [5.41, 5.74) is 2.74. The summed E-state index contributed by atoms with van der Waals surface area (Å²) in [5.74, 6) is 0.289. The third-order valence-electron chi connectivity index (χ3n) is 4.87. The maximum absolute atomic E-state index is 12.0. The maximum atomic E-state index is 12.0. The predicted octanol–water partition coefficient (Wildman–Crippen LogP) is 4.08. The number of aromatic nitrogens is 2. The fourth-order valence-corrected chi connectivity index (χ4v) is 4.59. The Kier molecular flexibility index (Phi) is 5.51. The summed E-state index contributed by atoms with van der Waals surface area (Å²) in [6.45, 7) is 3.40. The van der Waals surface area contributed by atoms with Crippen molar-refractivity contribution >= 4 is 21.6 Å². The predicted molar refractivity (Wildman–Crippen MR) is 101 cm³/mol. The highest BCUT2D eigenvalue weighted by molar-refractivity contribution is 7.90. The minimum atomic E-state index is -3.22. The van der Waals surface area contributed by atoms with Crippen LogP contribution in [0.15, 0.2) is 30.3 Å². The summed E-state index contributed by atoms with van der Waals surface area (Å²) < 4.78 is 26.9. The number of H-pyrrole nitrogens is 1. The smallest absolute Gasteiger partial charge is 0.214 e. The van der Waals surface area contributed by atoms with E-state index in [1.165, 1.54) is 0 Å². The second-order valence-corrected chi connectivity index (χ2v) is 9.57. The van der Waals surface area contributed by atoms with Gasteiger partial charge >= 0.3 is 0 Å². The fourth-order valence-electron chi connectivity index (χ4n) is 3.27. The van der Waals surface area contributed by atoms with E-state index >= 15 is 0 Å². The van der Waals surface area contributed by atoms with E-state index in [9.17, 15) is 8.42 Å². The van der Waals surface area contributed by atoms with Crippen molar-refractivity contribution in [3.05, 3.63) is 41.0 Å². The topological polar surface area (TPSA) is 74.8 Å². The van der Waals surface area contributed by atoms with E-state index in [1.54, 1.807) is 13.8 Å². The molecule has 7 heteroatoms. The Morgan fingerprint density at radius 2 is 1.80 bits per heavy atom. The molecule has 136 valence electrons. The van der Waals surface area contributed by atoms with Crippen LogP contribution in [-0.2, 0) is 10.0 Å². The summed E-state index contributed by atoms with van der Waals surface area (Å²) in [7, 11) is -3.22. The van der Waals surface area contributed by atoms with Gasteiger partial charge in [-0.1, -0.05) is 41.9 Å². The molecule has 0 unspecified atom stereocenters. The van der Waals surface area contributed by atoms with E-state index in [2.05, 4.69) is 14.9 Å². The van der Waals surface area contributed by atoms with Crippen LogP contribution in [0.3, 0.4) is 0 Å². The van der Waals surface area contributed by atoms with E-state index < -0.39 is 15.3 Å². The number of hydrogen-bond acceptors (Lipinski definition) is 3. The number of sulfonamides is 1. The molecular weight excluding hydrogens is 358 g/mol. The Hall–Kier alpha value is -1.37. The SMILES string of the molecule is CC(C)S(=O)(=O)NC1CCC(c2[nH]nc(-c3ccccc3)c2Cl)CC1. The first-order valence-corrected chi connectivity index (χ1v) is 10.6. The van der Waals surface area contributed by atoms with Gasteiger partial charge < -0.3 is 0 Å². The van der Waals surface area contributed by atoms with E-state index in [-0.39, 0.29) is 12.0 Å². The van der Waals surface area contributed by atoms with Crippen molar-refractivity contribution in [1.82, 2.24) is 14.9 Å². The second-order valence-electron chi connectivity index (χ2n) is 6.93. The van der Waals surface area contributed by atoms with Gasteiger partial charge in [-0.15, -0.1) is 0 Å². The van der Waals surface area contributed by atoms with Gasteiger partial charge in [0.15, 0.2) is 0 Å². The largest absolute Gasteiger partial charge is 0.280 e. The van der Waals surface area contributed by atoms with Crippen LogP contribution >= 0.6 is 11.6 Å². The quantitative estimate of drug-likeness (QED) is 0.819. The molecular formula is C18H24ClN3O2S. The van der Waals surface area contributed by atoms with Gasteiger partial charge in [-0.05, 0) is 39.5 Å². The van der Waals surface area contributed by atoms with E-state index in [4.69, 9.17) is 11.6 Å². The normalized spacial score (nSPS) is 21.6. The molecule has 1 aromatic carbocycles. The summed E-state index contributed by atoms with van der Waals surface area (Å²) in [4.78, 5) is 0. The van der Waals surface area contributed by atoms with Crippen molar-refractivity contribution < 1.29 is 8.42 Å². The molecule has 0 atom stereocenters. The molecule has 1 saturated carbocycles. The molecule has 3 rings (SSSR count). The first-order chi connectivity index (χ1) is 11.9. The first kappa shape index (κ1) is 18.4. The van der Waals surface area contributed by atoms with Gasteiger partial charge in [-0.3, -0.25) is 5.10 Å². The minimum Gasteiger partial charge on any atom is -0.280 e. The van der Waals surface area contributed by atoms with Crippen LogP contribution in [0.2, 0.25) is 5.02 Å². The van der Waals surface area contributed by atoms with Gasteiger partial charge in [-0.2, -0.15) is 5.10 Å². The van der Waals surface area contributed by atoms with Crippen LogP contribution in [0.4, 0.5) is 0 Å². The molecule has 1 heterocycles. The lowest BCUT2D eigenvalue weighted by atomic mass is 9.84. The van der Waals surface area contributed by atoms with Crippen molar-refractivity contribution in [2.75, 3.05) is 0 Å². The average Bonchev–Trinajstić information content (AvgIpc) is 2.97. The number of hydrogen-bond donors (Lipinski definition) is 2. The zero-order valence-electron chi connectivity index (χ0n) is 14.5. The number of nitrogens with zero attached hydrogens (tertiary/aromatic N) is 1. The molecule has 0 aliphatic heterocycles. The van der Waals surface area contributed by atoms with Crippen LogP contribution in [0.1, 0.15) is 51.1 Å². The Morgan fingerprint density at radius 3 is 2.40 bits per heavy atom. The molecule has 1 fully saturated rings. The Balaban J connectivity index is 1.67. The van der Waals surface area contributed by atoms with Crippen LogP contribution in [0, 0.1) is 0 Å². The van der Waals surface area contributed by atoms with Crippen molar-refractivity contribution in [1.29, 1.82) is 0 Å². The van der Waals surface area contributed by atoms with Crippen LogP contribution < -0.4 is 4.72 Å². The lowest BCUT2D eigenvalue weighted by Crippen LogP contribution is -2.40. The van der Waals surface area contributed by atoms with E-state index in [1.807, 2.05) is 30.3 Å². The number of benzene rings is 1. The first-order valence-electron chi connectivity index (χ1n) is 8.69. The minimum absolute atomic E-state index is 0.0129. The maximum Gasteiger partial charge on any atom is 0.214 e. The lowest BCUT2D eigenvalue weighted by molar-refractivity contribution is 0.369.